The van der Waals surface area contributed by atoms with Crippen molar-refractivity contribution in [1.82, 2.24) is 10.6 Å². The van der Waals surface area contributed by atoms with E-state index in [2.05, 4.69) is 10.6 Å². The summed E-state index contributed by atoms with van der Waals surface area (Å²) in [5, 5.41) is 68.3. The Morgan fingerprint density at radius 1 is 0.649 bits per heavy atom. The third-order valence-electron chi connectivity index (χ3n) is 5.86. The lowest BCUT2D eigenvalue weighted by Gasteiger charge is -2.24. The molecule has 208 valence electrons. The molecule has 0 fully saturated rings. The number of hydrogen-bond acceptors (Lipinski definition) is 9. The van der Waals surface area contributed by atoms with Crippen molar-refractivity contribution in [3.8, 4) is 11.5 Å². The lowest BCUT2D eigenvalue weighted by Crippen LogP contribution is -2.38. The van der Waals surface area contributed by atoms with Crippen LogP contribution in [0.1, 0.15) is 87.1 Å². The second-order valence-corrected chi connectivity index (χ2v) is 11.5. The molecule has 2 aromatic carbocycles. The first-order valence-corrected chi connectivity index (χ1v) is 12.5. The third-order valence-corrected chi connectivity index (χ3v) is 5.86. The normalized spacial score (nSPS) is 14.1. The molecule has 0 aliphatic heterocycles. The molecule has 0 spiro atoms. The van der Waals surface area contributed by atoms with E-state index < -0.39 is 25.4 Å². The van der Waals surface area contributed by atoms with Gasteiger partial charge in [0.05, 0.1) is 38.6 Å². The zero-order chi connectivity index (χ0) is 28.0. The van der Waals surface area contributed by atoms with E-state index in [4.69, 9.17) is 4.74 Å². The Kier molecular flexibility index (Phi) is 10.9. The van der Waals surface area contributed by atoms with Crippen molar-refractivity contribution in [2.75, 3.05) is 13.1 Å². The summed E-state index contributed by atoms with van der Waals surface area (Å²) in [6.07, 6.45) is -1.72. The molecule has 0 aliphatic carbocycles. The smallest absolute Gasteiger partial charge is 0.126 e. The van der Waals surface area contributed by atoms with Crippen molar-refractivity contribution in [3.05, 3.63) is 57.6 Å². The Bertz CT molecular complexity index is 947. The molecule has 8 N–H and O–H groups in total. The second kappa shape index (κ2) is 13.0. The first-order valence-electron chi connectivity index (χ1n) is 12.5. The maximum atomic E-state index is 10.6. The van der Waals surface area contributed by atoms with Gasteiger partial charge in [-0.05, 0) is 76.9 Å². The van der Waals surface area contributed by atoms with Gasteiger partial charge in [0.25, 0.3) is 0 Å². The summed E-state index contributed by atoms with van der Waals surface area (Å²) in [6.45, 7) is 11.6. The minimum atomic E-state index is -0.861. The third kappa shape index (κ3) is 9.54. The standard InChI is InChI=1S/C28H44N2O7/c1-27(2,3)29-11-23(33)17-7-19(13-31)25(35)21(9-17)15-37-16-22-10-18(8-20(14-32)26(22)36)24(34)12-30-28(4,5)6/h7-10,23-24,29-36H,11-16H2,1-6H3. The summed E-state index contributed by atoms with van der Waals surface area (Å²) in [6, 6.07) is 6.37. The molecule has 2 aromatic rings. The average Bonchev–Trinajstić information content (AvgIpc) is 2.82. The Morgan fingerprint density at radius 2 is 0.973 bits per heavy atom. The van der Waals surface area contributed by atoms with Crippen molar-refractivity contribution >= 4 is 0 Å². The van der Waals surface area contributed by atoms with Crippen LogP contribution in [0.15, 0.2) is 24.3 Å². The molecule has 2 atom stereocenters. The quantitative estimate of drug-likeness (QED) is 0.211. The largest absolute Gasteiger partial charge is 0.507 e. The number of nitrogens with one attached hydrogen (secondary N) is 2. The SMILES string of the molecule is CC(C)(C)NCC(O)c1cc(CO)c(O)c(COCc2cc(C(O)CNC(C)(C)C)cc(CO)c2O)c1. The Labute approximate surface area is 219 Å². The molecular formula is C28H44N2O7. The Balaban J connectivity index is 2.20. The summed E-state index contributed by atoms with van der Waals surface area (Å²) in [7, 11) is 0. The van der Waals surface area contributed by atoms with Gasteiger partial charge in [0.2, 0.25) is 0 Å². The van der Waals surface area contributed by atoms with Crippen molar-refractivity contribution in [1.29, 1.82) is 0 Å². The predicted molar refractivity (Wildman–Crippen MR) is 142 cm³/mol. The van der Waals surface area contributed by atoms with Crippen LogP contribution in [0.3, 0.4) is 0 Å². The van der Waals surface area contributed by atoms with E-state index in [9.17, 15) is 30.6 Å². The van der Waals surface area contributed by atoms with E-state index in [0.29, 0.717) is 22.3 Å². The molecule has 0 aromatic heterocycles. The Morgan fingerprint density at radius 3 is 1.27 bits per heavy atom. The van der Waals surface area contributed by atoms with Crippen LogP contribution in [-0.4, -0.2) is 54.8 Å². The van der Waals surface area contributed by atoms with E-state index in [-0.39, 0.29) is 60.0 Å². The van der Waals surface area contributed by atoms with Gasteiger partial charge < -0.3 is 46.0 Å². The molecule has 0 amide bonds. The van der Waals surface area contributed by atoms with Gasteiger partial charge >= 0.3 is 0 Å². The molecule has 0 radical (unpaired) electrons. The van der Waals surface area contributed by atoms with Gasteiger partial charge in [-0.15, -0.1) is 0 Å². The van der Waals surface area contributed by atoms with Crippen LogP contribution in [-0.2, 0) is 31.2 Å². The predicted octanol–water partition coefficient (Wildman–Crippen LogP) is 2.64. The number of β-amino-alcohol motifs (C(OH)–C–C–N with tert-alkyl or cyclic N) is 2. The van der Waals surface area contributed by atoms with Gasteiger partial charge in [-0.2, -0.15) is 0 Å². The minimum Gasteiger partial charge on any atom is -0.507 e. The number of aromatic hydroxyl groups is 2. The van der Waals surface area contributed by atoms with Crippen molar-refractivity contribution in [2.45, 2.75) is 91.3 Å². The fraction of sp³-hybridized carbons (Fsp3) is 0.571. The highest BCUT2D eigenvalue weighted by molar-refractivity contribution is 5.45. The molecule has 9 heteroatoms. The Hall–Kier alpha value is -2.24. The van der Waals surface area contributed by atoms with Gasteiger partial charge in [0.15, 0.2) is 0 Å². The van der Waals surface area contributed by atoms with Crippen LogP contribution in [0.2, 0.25) is 0 Å². The molecule has 2 unspecified atom stereocenters. The topological polar surface area (TPSA) is 155 Å². The first-order chi connectivity index (χ1) is 17.1. The highest BCUT2D eigenvalue weighted by Crippen LogP contribution is 2.31. The average molecular weight is 521 g/mol. The van der Waals surface area contributed by atoms with Gasteiger partial charge in [-0.3, -0.25) is 0 Å². The van der Waals surface area contributed by atoms with Gasteiger partial charge in [0.1, 0.15) is 11.5 Å². The molecule has 0 heterocycles. The van der Waals surface area contributed by atoms with Crippen LogP contribution in [0.4, 0.5) is 0 Å². The van der Waals surface area contributed by atoms with Gasteiger partial charge in [-0.25, -0.2) is 0 Å². The number of benzene rings is 2. The summed E-state index contributed by atoms with van der Waals surface area (Å²) in [4.78, 5) is 0. The van der Waals surface area contributed by atoms with Crippen LogP contribution >= 0.6 is 0 Å². The van der Waals surface area contributed by atoms with E-state index in [1.54, 1.807) is 24.3 Å². The van der Waals surface area contributed by atoms with Crippen LogP contribution in [0.5, 0.6) is 11.5 Å². The van der Waals surface area contributed by atoms with Gasteiger partial charge in [0, 0.05) is 46.4 Å². The van der Waals surface area contributed by atoms with Crippen LogP contribution in [0.25, 0.3) is 0 Å². The minimum absolute atomic E-state index is 0.0572. The summed E-state index contributed by atoms with van der Waals surface area (Å²) >= 11 is 0. The number of aliphatic hydroxyl groups excluding tert-OH is 4. The van der Waals surface area contributed by atoms with E-state index in [1.807, 2.05) is 41.5 Å². The van der Waals surface area contributed by atoms with Crippen molar-refractivity contribution in [3.63, 3.8) is 0 Å². The van der Waals surface area contributed by atoms with Crippen LogP contribution < -0.4 is 10.6 Å². The summed E-state index contributed by atoms with van der Waals surface area (Å²) < 4.78 is 5.79. The van der Waals surface area contributed by atoms with Crippen LogP contribution in [0, 0.1) is 0 Å². The maximum Gasteiger partial charge on any atom is 0.126 e. The fourth-order valence-electron chi connectivity index (χ4n) is 3.73. The number of rotatable bonds is 12. The zero-order valence-corrected chi connectivity index (χ0v) is 22.8. The van der Waals surface area contributed by atoms with Crippen molar-refractivity contribution < 1.29 is 35.4 Å². The molecule has 2 rings (SSSR count). The molecule has 9 nitrogen and oxygen atoms in total. The summed E-state index contributed by atoms with van der Waals surface area (Å²) in [5.41, 5.74) is 1.97. The number of phenols is 2. The van der Waals surface area contributed by atoms with E-state index in [1.165, 1.54) is 0 Å². The van der Waals surface area contributed by atoms with E-state index in [0.717, 1.165) is 0 Å². The molecule has 37 heavy (non-hydrogen) atoms. The molecule has 0 saturated heterocycles. The monoisotopic (exact) mass is 520 g/mol. The first kappa shape index (κ1) is 31.0. The fourth-order valence-corrected chi connectivity index (χ4v) is 3.73. The second-order valence-electron chi connectivity index (χ2n) is 11.5. The number of aliphatic hydroxyl groups is 4. The zero-order valence-electron chi connectivity index (χ0n) is 22.8. The molecule has 0 aliphatic rings. The lowest BCUT2D eigenvalue weighted by atomic mass is 9.99. The number of ether oxygens (including phenoxy) is 1. The van der Waals surface area contributed by atoms with Gasteiger partial charge in [-0.1, -0.05) is 0 Å². The number of hydrogen-bond donors (Lipinski definition) is 8. The summed E-state index contributed by atoms with van der Waals surface area (Å²) in [5.74, 6) is -0.250. The maximum absolute atomic E-state index is 10.6. The lowest BCUT2D eigenvalue weighted by molar-refractivity contribution is 0.102. The highest BCUT2D eigenvalue weighted by Gasteiger charge is 2.20. The molecular weight excluding hydrogens is 476 g/mol. The molecule has 0 bridgehead atoms. The van der Waals surface area contributed by atoms with Crippen molar-refractivity contribution in [2.24, 2.45) is 0 Å². The van der Waals surface area contributed by atoms with E-state index >= 15 is 0 Å². The highest BCUT2D eigenvalue weighted by atomic mass is 16.5. The molecule has 0 saturated carbocycles.